The first-order valence-electron chi connectivity index (χ1n) is 13.2. The molecule has 0 radical (unpaired) electrons. The number of unbranched alkanes of at least 4 members (excludes halogenated alkanes) is 2. The predicted octanol–water partition coefficient (Wildman–Crippen LogP) is 6.24. The van der Waals surface area contributed by atoms with Crippen molar-refractivity contribution in [2.75, 3.05) is 33.4 Å². The van der Waals surface area contributed by atoms with Crippen molar-refractivity contribution in [3.63, 3.8) is 0 Å². The molecule has 1 aliphatic rings. The fourth-order valence-electron chi connectivity index (χ4n) is 4.43. The molecule has 0 saturated carbocycles. The SMILES string of the molecule is COc1cccc2c1O[C@@H](CNCCCCc1ccc(OCCCCOc3ccccc3)cc1)CC2. The third kappa shape index (κ3) is 8.20. The molecule has 0 amide bonds. The van der Waals surface area contributed by atoms with E-state index in [-0.39, 0.29) is 6.10 Å². The van der Waals surface area contributed by atoms with Crippen LogP contribution in [0.5, 0.6) is 23.0 Å². The molecule has 1 aliphatic heterocycles. The molecule has 5 nitrogen and oxygen atoms in total. The van der Waals surface area contributed by atoms with E-state index in [1.54, 1.807) is 7.11 Å². The second-order valence-corrected chi connectivity index (χ2v) is 9.25. The Labute approximate surface area is 215 Å². The van der Waals surface area contributed by atoms with Gasteiger partial charge in [0.15, 0.2) is 11.5 Å². The molecule has 5 heteroatoms. The minimum absolute atomic E-state index is 0.206. The lowest BCUT2D eigenvalue weighted by molar-refractivity contribution is 0.163. The van der Waals surface area contributed by atoms with Gasteiger partial charge < -0.3 is 24.3 Å². The number of hydrogen-bond acceptors (Lipinski definition) is 5. The van der Waals surface area contributed by atoms with Gasteiger partial charge in [-0.05, 0) is 92.9 Å². The molecule has 36 heavy (non-hydrogen) atoms. The maximum absolute atomic E-state index is 6.20. The van der Waals surface area contributed by atoms with Gasteiger partial charge in [-0.15, -0.1) is 0 Å². The monoisotopic (exact) mass is 489 g/mol. The first-order valence-corrected chi connectivity index (χ1v) is 13.2. The van der Waals surface area contributed by atoms with E-state index in [2.05, 4.69) is 35.6 Å². The van der Waals surface area contributed by atoms with Gasteiger partial charge in [-0.25, -0.2) is 0 Å². The number of ether oxygens (including phenoxy) is 4. The molecule has 1 atom stereocenters. The number of methoxy groups -OCH3 is 1. The summed E-state index contributed by atoms with van der Waals surface area (Å²) in [7, 11) is 1.70. The quantitative estimate of drug-likeness (QED) is 0.256. The zero-order valence-corrected chi connectivity index (χ0v) is 21.4. The molecule has 0 unspecified atom stereocenters. The molecule has 1 heterocycles. The van der Waals surface area contributed by atoms with E-state index in [1.165, 1.54) is 11.1 Å². The molecule has 192 valence electrons. The zero-order chi connectivity index (χ0) is 24.8. The lowest BCUT2D eigenvalue weighted by atomic mass is 10.0. The highest BCUT2D eigenvalue weighted by molar-refractivity contribution is 5.47. The van der Waals surface area contributed by atoms with Crippen LogP contribution in [0.3, 0.4) is 0 Å². The van der Waals surface area contributed by atoms with Crippen LogP contribution in [0.25, 0.3) is 0 Å². The molecule has 4 rings (SSSR count). The minimum Gasteiger partial charge on any atom is -0.494 e. The fraction of sp³-hybridized carbons (Fsp3) is 0.419. The Bertz CT molecular complexity index is 1010. The average Bonchev–Trinajstić information content (AvgIpc) is 2.93. The van der Waals surface area contributed by atoms with Crippen LogP contribution in [0.15, 0.2) is 72.8 Å². The fourth-order valence-corrected chi connectivity index (χ4v) is 4.43. The summed E-state index contributed by atoms with van der Waals surface area (Å²) in [5.74, 6) is 3.62. The van der Waals surface area contributed by atoms with E-state index in [4.69, 9.17) is 18.9 Å². The van der Waals surface area contributed by atoms with E-state index in [0.717, 1.165) is 87.6 Å². The van der Waals surface area contributed by atoms with E-state index in [0.29, 0.717) is 6.61 Å². The number of fused-ring (bicyclic) bond motifs is 1. The molecule has 0 aliphatic carbocycles. The van der Waals surface area contributed by atoms with Crippen LogP contribution in [0.4, 0.5) is 0 Å². The summed E-state index contributed by atoms with van der Waals surface area (Å²) < 4.78 is 23.3. The number of nitrogens with one attached hydrogen (secondary N) is 1. The van der Waals surface area contributed by atoms with Gasteiger partial charge in [0.05, 0.1) is 20.3 Å². The van der Waals surface area contributed by atoms with E-state index < -0.39 is 0 Å². The maximum atomic E-state index is 6.20. The maximum Gasteiger partial charge on any atom is 0.164 e. The van der Waals surface area contributed by atoms with Crippen LogP contribution in [0.2, 0.25) is 0 Å². The Morgan fingerprint density at radius 1 is 0.806 bits per heavy atom. The smallest absolute Gasteiger partial charge is 0.164 e. The third-order valence-corrected chi connectivity index (χ3v) is 6.48. The van der Waals surface area contributed by atoms with Crippen LogP contribution in [-0.2, 0) is 12.8 Å². The van der Waals surface area contributed by atoms with Gasteiger partial charge in [0, 0.05) is 6.54 Å². The first kappa shape index (κ1) is 25.9. The Morgan fingerprint density at radius 2 is 1.56 bits per heavy atom. The van der Waals surface area contributed by atoms with E-state index in [9.17, 15) is 0 Å². The normalized spacial score (nSPS) is 14.5. The Hall–Kier alpha value is -3.18. The molecular weight excluding hydrogens is 450 g/mol. The zero-order valence-electron chi connectivity index (χ0n) is 21.4. The lowest BCUT2D eigenvalue weighted by Gasteiger charge is -2.27. The van der Waals surface area contributed by atoms with Gasteiger partial charge in [-0.3, -0.25) is 0 Å². The van der Waals surface area contributed by atoms with Crippen LogP contribution in [0, 0.1) is 0 Å². The molecule has 0 spiro atoms. The van der Waals surface area contributed by atoms with Gasteiger partial charge in [0.1, 0.15) is 17.6 Å². The minimum atomic E-state index is 0.206. The Kier molecular flexibility index (Phi) is 10.4. The molecule has 0 fully saturated rings. The number of aryl methyl sites for hydroxylation is 2. The number of para-hydroxylation sites is 2. The number of benzene rings is 3. The number of rotatable bonds is 15. The van der Waals surface area contributed by atoms with Crippen molar-refractivity contribution in [1.82, 2.24) is 5.32 Å². The highest BCUT2D eigenvalue weighted by atomic mass is 16.5. The molecule has 3 aromatic carbocycles. The van der Waals surface area contributed by atoms with Crippen molar-refractivity contribution in [3.05, 3.63) is 83.9 Å². The van der Waals surface area contributed by atoms with Crippen molar-refractivity contribution in [2.24, 2.45) is 0 Å². The van der Waals surface area contributed by atoms with Gasteiger partial charge >= 0.3 is 0 Å². The molecule has 0 saturated heterocycles. The first-order chi connectivity index (χ1) is 17.8. The summed E-state index contributed by atoms with van der Waals surface area (Å²) in [6, 6.07) is 24.6. The van der Waals surface area contributed by atoms with Gasteiger partial charge in [0.2, 0.25) is 0 Å². The van der Waals surface area contributed by atoms with E-state index in [1.807, 2.05) is 42.5 Å². The van der Waals surface area contributed by atoms with Crippen molar-refractivity contribution in [2.45, 2.75) is 51.0 Å². The van der Waals surface area contributed by atoms with Crippen LogP contribution < -0.4 is 24.3 Å². The van der Waals surface area contributed by atoms with Crippen LogP contribution >= 0.6 is 0 Å². The van der Waals surface area contributed by atoms with Crippen molar-refractivity contribution in [1.29, 1.82) is 0 Å². The highest BCUT2D eigenvalue weighted by Gasteiger charge is 2.22. The van der Waals surface area contributed by atoms with Crippen molar-refractivity contribution >= 4 is 0 Å². The summed E-state index contributed by atoms with van der Waals surface area (Å²) >= 11 is 0. The average molecular weight is 490 g/mol. The predicted molar refractivity (Wildman–Crippen MR) is 145 cm³/mol. The standard InChI is InChI=1S/C31H39NO4/c1-33-30-14-9-11-26-17-20-29(36-31(26)30)24-32-21-6-5-10-25-15-18-28(19-16-25)35-23-8-7-22-34-27-12-3-2-4-13-27/h2-4,9,11-16,18-19,29,32H,5-8,10,17,20-24H2,1H3/t29-/m1/s1. The molecule has 0 bridgehead atoms. The molecular formula is C31H39NO4. The molecule has 3 aromatic rings. The van der Waals surface area contributed by atoms with Gasteiger partial charge in [-0.2, -0.15) is 0 Å². The largest absolute Gasteiger partial charge is 0.494 e. The molecule has 0 aromatic heterocycles. The third-order valence-electron chi connectivity index (χ3n) is 6.48. The molecule has 1 N–H and O–H groups in total. The topological polar surface area (TPSA) is 49.0 Å². The summed E-state index contributed by atoms with van der Waals surface area (Å²) in [6.45, 7) is 3.32. The Balaban J connectivity index is 1.03. The summed E-state index contributed by atoms with van der Waals surface area (Å²) in [6.07, 6.45) is 7.65. The highest BCUT2D eigenvalue weighted by Crippen LogP contribution is 2.36. The van der Waals surface area contributed by atoms with E-state index >= 15 is 0 Å². The van der Waals surface area contributed by atoms with Gasteiger partial charge in [0.25, 0.3) is 0 Å². The summed E-state index contributed by atoms with van der Waals surface area (Å²) in [5.41, 5.74) is 2.60. The summed E-state index contributed by atoms with van der Waals surface area (Å²) in [4.78, 5) is 0. The van der Waals surface area contributed by atoms with Crippen LogP contribution in [0.1, 0.15) is 43.2 Å². The lowest BCUT2D eigenvalue weighted by Crippen LogP contribution is -2.34. The Morgan fingerprint density at radius 3 is 2.31 bits per heavy atom. The summed E-state index contributed by atoms with van der Waals surface area (Å²) in [5, 5.41) is 3.57. The van der Waals surface area contributed by atoms with Crippen LogP contribution in [-0.4, -0.2) is 39.5 Å². The van der Waals surface area contributed by atoms with Crippen molar-refractivity contribution < 1.29 is 18.9 Å². The second-order valence-electron chi connectivity index (χ2n) is 9.25. The second kappa shape index (κ2) is 14.4. The van der Waals surface area contributed by atoms with Crippen molar-refractivity contribution in [3.8, 4) is 23.0 Å². The number of hydrogen-bond donors (Lipinski definition) is 1. The van der Waals surface area contributed by atoms with Gasteiger partial charge in [-0.1, -0.05) is 42.5 Å².